The highest BCUT2D eigenvalue weighted by molar-refractivity contribution is 6.07. The van der Waals surface area contributed by atoms with Gasteiger partial charge >= 0.3 is 5.97 Å². The SMILES string of the molecule is CCOC(=O)C(O)c1c2cc(C)oc2c(OC)c2cc(C)oc12. The molecule has 122 valence electrons. The standard InChI is InChI=1S/C17H18O6/c1-5-21-17(19)13(18)12-10-6-8(2)23-16(10)15(20-4)11-7-9(3)22-14(11)12/h6-7,13,18H,5H2,1-4H3. The maximum absolute atomic E-state index is 12.0. The number of aliphatic hydroxyl groups is 1. The second kappa shape index (κ2) is 5.62. The largest absolute Gasteiger partial charge is 0.492 e. The van der Waals surface area contributed by atoms with Gasteiger partial charge in [0.15, 0.2) is 17.4 Å². The minimum absolute atomic E-state index is 0.180. The molecule has 0 aliphatic rings. The first-order valence-corrected chi connectivity index (χ1v) is 7.32. The van der Waals surface area contributed by atoms with Crippen LogP contribution in [0.25, 0.3) is 21.9 Å². The molecule has 0 saturated carbocycles. The number of furan rings is 2. The van der Waals surface area contributed by atoms with E-state index in [1.807, 2.05) is 0 Å². The van der Waals surface area contributed by atoms with Crippen LogP contribution >= 0.6 is 0 Å². The third kappa shape index (κ3) is 2.35. The number of aliphatic hydroxyl groups excluding tert-OH is 1. The highest BCUT2D eigenvalue weighted by Crippen LogP contribution is 2.43. The molecule has 3 rings (SSSR count). The van der Waals surface area contributed by atoms with Crippen LogP contribution in [0.4, 0.5) is 0 Å². The maximum atomic E-state index is 12.0. The zero-order chi connectivity index (χ0) is 16.7. The van der Waals surface area contributed by atoms with Crippen LogP contribution in [0.3, 0.4) is 0 Å². The molecule has 3 aromatic rings. The molecule has 6 heteroatoms. The number of esters is 1. The lowest BCUT2D eigenvalue weighted by Gasteiger charge is -2.13. The Hall–Kier alpha value is -2.47. The summed E-state index contributed by atoms with van der Waals surface area (Å²) >= 11 is 0. The zero-order valence-corrected chi connectivity index (χ0v) is 13.4. The van der Waals surface area contributed by atoms with Gasteiger partial charge in [0.05, 0.1) is 19.1 Å². The fraction of sp³-hybridized carbons (Fsp3) is 0.353. The third-order valence-electron chi connectivity index (χ3n) is 3.68. The van der Waals surface area contributed by atoms with E-state index in [2.05, 4.69) is 0 Å². The first kappa shape index (κ1) is 15.4. The maximum Gasteiger partial charge on any atom is 0.339 e. The van der Waals surface area contributed by atoms with Crippen molar-refractivity contribution in [3.8, 4) is 5.75 Å². The van der Waals surface area contributed by atoms with Gasteiger partial charge in [-0.25, -0.2) is 4.79 Å². The number of methoxy groups -OCH3 is 1. The fourth-order valence-electron chi connectivity index (χ4n) is 2.82. The van der Waals surface area contributed by atoms with E-state index >= 15 is 0 Å². The van der Waals surface area contributed by atoms with Crippen LogP contribution in [-0.4, -0.2) is 24.8 Å². The van der Waals surface area contributed by atoms with Crippen LogP contribution < -0.4 is 4.74 Å². The van der Waals surface area contributed by atoms with Crippen molar-refractivity contribution < 1.29 is 28.2 Å². The second-order valence-electron chi connectivity index (χ2n) is 5.30. The molecule has 2 heterocycles. The Labute approximate surface area is 132 Å². The van der Waals surface area contributed by atoms with Crippen molar-refractivity contribution in [3.63, 3.8) is 0 Å². The van der Waals surface area contributed by atoms with Crippen molar-refractivity contribution in [1.29, 1.82) is 0 Å². The zero-order valence-electron chi connectivity index (χ0n) is 13.4. The molecule has 0 fully saturated rings. The molecule has 1 aromatic carbocycles. The molecule has 0 aliphatic carbocycles. The summed E-state index contributed by atoms with van der Waals surface area (Å²) in [6.07, 6.45) is -1.46. The molecule has 0 amide bonds. The summed E-state index contributed by atoms with van der Waals surface area (Å²) in [6, 6.07) is 3.53. The minimum atomic E-state index is -1.46. The van der Waals surface area contributed by atoms with Crippen LogP contribution in [0.2, 0.25) is 0 Å². The molecule has 0 saturated heterocycles. The van der Waals surface area contributed by atoms with Crippen LogP contribution in [0.1, 0.15) is 30.1 Å². The van der Waals surface area contributed by atoms with Gasteiger partial charge in [-0.05, 0) is 32.9 Å². The number of aryl methyl sites for hydroxylation is 2. The number of rotatable bonds is 4. The predicted octanol–water partition coefficient (Wildman–Crippen LogP) is 3.40. The number of fused-ring (bicyclic) bond motifs is 2. The van der Waals surface area contributed by atoms with E-state index in [1.54, 1.807) is 32.9 Å². The van der Waals surface area contributed by atoms with E-state index in [0.29, 0.717) is 44.8 Å². The molecular weight excluding hydrogens is 300 g/mol. The molecule has 0 spiro atoms. The van der Waals surface area contributed by atoms with Gasteiger partial charge in [-0.2, -0.15) is 0 Å². The van der Waals surface area contributed by atoms with E-state index in [0.717, 1.165) is 0 Å². The molecule has 1 N–H and O–H groups in total. The summed E-state index contributed by atoms with van der Waals surface area (Å²) in [6.45, 7) is 5.43. The van der Waals surface area contributed by atoms with Gasteiger partial charge in [0.2, 0.25) is 0 Å². The highest BCUT2D eigenvalue weighted by Gasteiger charge is 2.30. The van der Waals surface area contributed by atoms with Gasteiger partial charge in [-0.3, -0.25) is 0 Å². The number of hydrogen-bond acceptors (Lipinski definition) is 6. The Morgan fingerprint density at radius 2 is 1.78 bits per heavy atom. The summed E-state index contributed by atoms with van der Waals surface area (Å²) in [7, 11) is 1.54. The average Bonchev–Trinajstić information content (AvgIpc) is 3.05. The number of hydrogen-bond donors (Lipinski definition) is 1. The molecule has 23 heavy (non-hydrogen) atoms. The van der Waals surface area contributed by atoms with Crippen LogP contribution in [0.15, 0.2) is 21.0 Å². The molecule has 0 radical (unpaired) electrons. The highest BCUT2D eigenvalue weighted by atomic mass is 16.5. The van der Waals surface area contributed by atoms with Crippen molar-refractivity contribution in [3.05, 3.63) is 29.2 Å². The van der Waals surface area contributed by atoms with Crippen molar-refractivity contribution >= 4 is 27.9 Å². The molecule has 6 nitrogen and oxygen atoms in total. The third-order valence-corrected chi connectivity index (χ3v) is 3.68. The number of carbonyl (C=O) groups excluding carboxylic acids is 1. The Morgan fingerprint density at radius 3 is 2.39 bits per heavy atom. The smallest absolute Gasteiger partial charge is 0.339 e. The quantitative estimate of drug-likeness (QED) is 0.742. The lowest BCUT2D eigenvalue weighted by Crippen LogP contribution is -2.16. The predicted molar refractivity (Wildman–Crippen MR) is 83.6 cm³/mol. The first-order valence-electron chi connectivity index (χ1n) is 7.32. The van der Waals surface area contributed by atoms with Gasteiger partial charge < -0.3 is 23.4 Å². The summed E-state index contributed by atoms with van der Waals surface area (Å²) in [5.74, 6) is 1.06. The topological polar surface area (TPSA) is 82.0 Å². The van der Waals surface area contributed by atoms with Crippen LogP contribution in [0.5, 0.6) is 5.75 Å². The second-order valence-corrected chi connectivity index (χ2v) is 5.30. The van der Waals surface area contributed by atoms with E-state index in [-0.39, 0.29) is 6.61 Å². The van der Waals surface area contributed by atoms with E-state index in [9.17, 15) is 9.90 Å². The van der Waals surface area contributed by atoms with Gasteiger partial charge in [-0.15, -0.1) is 0 Å². The van der Waals surface area contributed by atoms with Gasteiger partial charge in [0.25, 0.3) is 0 Å². The Balaban J connectivity index is 2.39. The van der Waals surface area contributed by atoms with Crippen molar-refractivity contribution in [2.24, 2.45) is 0 Å². The summed E-state index contributed by atoms with van der Waals surface area (Å²) in [4.78, 5) is 12.0. The van der Waals surface area contributed by atoms with E-state index in [1.165, 1.54) is 7.11 Å². The molecule has 0 aliphatic heterocycles. The molecule has 1 atom stereocenters. The van der Waals surface area contributed by atoms with Crippen LogP contribution in [-0.2, 0) is 9.53 Å². The van der Waals surface area contributed by atoms with Crippen molar-refractivity contribution in [2.45, 2.75) is 26.9 Å². The Kier molecular flexibility index (Phi) is 3.77. The number of benzene rings is 1. The molecule has 1 unspecified atom stereocenters. The summed E-state index contributed by atoms with van der Waals surface area (Å²) < 4.78 is 21.8. The van der Waals surface area contributed by atoms with E-state index in [4.69, 9.17) is 18.3 Å². The first-order chi connectivity index (χ1) is 11.0. The molecule has 2 aromatic heterocycles. The fourth-order valence-corrected chi connectivity index (χ4v) is 2.82. The lowest BCUT2D eigenvalue weighted by molar-refractivity contribution is -0.153. The Morgan fingerprint density at radius 1 is 1.17 bits per heavy atom. The van der Waals surface area contributed by atoms with Crippen molar-refractivity contribution in [1.82, 2.24) is 0 Å². The Bertz CT molecular complexity index is 828. The number of carbonyl (C=O) groups is 1. The minimum Gasteiger partial charge on any atom is -0.492 e. The van der Waals surface area contributed by atoms with Crippen LogP contribution in [0, 0.1) is 13.8 Å². The molecule has 0 bridgehead atoms. The summed E-state index contributed by atoms with van der Waals surface area (Å²) in [5, 5.41) is 11.7. The number of ether oxygens (including phenoxy) is 2. The van der Waals surface area contributed by atoms with Gasteiger partial charge in [-0.1, -0.05) is 0 Å². The molecular formula is C17H18O6. The normalized spacial score (nSPS) is 12.7. The van der Waals surface area contributed by atoms with Gasteiger partial charge in [0, 0.05) is 10.9 Å². The van der Waals surface area contributed by atoms with E-state index < -0.39 is 12.1 Å². The van der Waals surface area contributed by atoms with Gasteiger partial charge in [0.1, 0.15) is 17.1 Å². The summed E-state index contributed by atoms with van der Waals surface area (Å²) in [5.41, 5.74) is 1.20. The van der Waals surface area contributed by atoms with Crippen molar-refractivity contribution in [2.75, 3.05) is 13.7 Å². The lowest BCUT2D eigenvalue weighted by atomic mass is 10.0. The monoisotopic (exact) mass is 318 g/mol. The average molecular weight is 318 g/mol.